The third kappa shape index (κ3) is 4.02. The molecular formula is C12H17BrN2O2. The summed E-state index contributed by atoms with van der Waals surface area (Å²) in [6.07, 6.45) is 1.55. The standard InChI is InChI=1S/C12H17BrN2O2/c1-3-4-9(14)12(16)15-10-7-8(13)5-6-11(10)17-2/h5-7,9H,3-4,14H2,1-2H3,(H,15,16)/t9-/m0/s1. The van der Waals surface area contributed by atoms with Crippen LogP contribution >= 0.6 is 15.9 Å². The second-order valence-corrected chi connectivity index (χ2v) is 4.64. The molecule has 0 saturated heterocycles. The summed E-state index contributed by atoms with van der Waals surface area (Å²) in [6.45, 7) is 1.99. The Bertz CT molecular complexity index is 396. The molecule has 0 heterocycles. The summed E-state index contributed by atoms with van der Waals surface area (Å²) in [7, 11) is 1.56. The number of halogens is 1. The van der Waals surface area contributed by atoms with Crippen molar-refractivity contribution in [2.45, 2.75) is 25.8 Å². The number of carbonyl (C=O) groups excluding carboxylic acids is 1. The Kier molecular flexibility index (Phi) is 5.44. The minimum Gasteiger partial charge on any atom is -0.495 e. The Balaban J connectivity index is 2.79. The fourth-order valence-corrected chi connectivity index (χ4v) is 1.81. The summed E-state index contributed by atoms with van der Waals surface area (Å²) in [6, 6.07) is 4.93. The van der Waals surface area contributed by atoms with Gasteiger partial charge in [0.05, 0.1) is 18.8 Å². The van der Waals surface area contributed by atoms with Gasteiger partial charge in [0.25, 0.3) is 0 Å². The van der Waals surface area contributed by atoms with Gasteiger partial charge in [0.2, 0.25) is 5.91 Å². The van der Waals surface area contributed by atoms with Crippen molar-refractivity contribution in [1.82, 2.24) is 0 Å². The Labute approximate surface area is 110 Å². The fraction of sp³-hybridized carbons (Fsp3) is 0.417. The highest BCUT2D eigenvalue weighted by atomic mass is 79.9. The number of hydrogen-bond donors (Lipinski definition) is 2. The molecule has 1 amide bonds. The summed E-state index contributed by atoms with van der Waals surface area (Å²) < 4.78 is 6.04. The lowest BCUT2D eigenvalue weighted by molar-refractivity contribution is -0.117. The minimum absolute atomic E-state index is 0.191. The normalized spacial score (nSPS) is 12.0. The number of rotatable bonds is 5. The van der Waals surface area contributed by atoms with E-state index in [-0.39, 0.29) is 5.91 Å². The van der Waals surface area contributed by atoms with Crippen LogP contribution in [0.1, 0.15) is 19.8 Å². The number of ether oxygens (including phenoxy) is 1. The Morgan fingerprint density at radius 1 is 1.59 bits per heavy atom. The van der Waals surface area contributed by atoms with Crippen LogP contribution in [-0.2, 0) is 4.79 Å². The number of carbonyl (C=O) groups is 1. The zero-order valence-electron chi connectivity index (χ0n) is 10.00. The molecule has 0 aliphatic rings. The lowest BCUT2D eigenvalue weighted by Crippen LogP contribution is -2.35. The number of anilines is 1. The molecule has 1 atom stereocenters. The van der Waals surface area contributed by atoms with Gasteiger partial charge in [0, 0.05) is 4.47 Å². The summed E-state index contributed by atoms with van der Waals surface area (Å²) in [5.74, 6) is 0.425. The van der Waals surface area contributed by atoms with E-state index in [0.29, 0.717) is 17.9 Å². The van der Waals surface area contributed by atoms with Crippen LogP contribution in [0, 0.1) is 0 Å². The molecule has 1 aromatic rings. The molecule has 0 unspecified atom stereocenters. The molecule has 5 heteroatoms. The van der Waals surface area contributed by atoms with Crippen LogP contribution in [0.25, 0.3) is 0 Å². The highest BCUT2D eigenvalue weighted by Crippen LogP contribution is 2.27. The van der Waals surface area contributed by atoms with Crippen LogP contribution in [0.5, 0.6) is 5.75 Å². The highest BCUT2D eigenvalue weighted by molar-refractivity contribution is 9.10. The van der Waals surface area contributed by atoms with Crippen molar-refractivity contribution in [2.24, 2.45) is 5.73 Å². The molecule has 4 nitrogen and oxygen atoms in total. The van der Waals surface area contributed by atoms with Crippen molar-refractivity contribution in [3.05, 3.63) is 22.7 Å². The highest BCUT2D eigenvalue weighted by Gasteiger charge is 2.14. The summed E-state index contributed by atoms with van der Waals surface area (Å²) in [5, 5.41) is 2.77. The van der Waals surface area contributed by atoms with Crippen LogP contribution < -0.4 is 15.8 Å². The van der Waals surface area contributed by atoms with Gasteiger partial charge < -0.3 is 15.8 Å². The fourth-order valence-electron chi connectivity index (χ4n) is 1.45. The zero-order chi connectivity index (χ0) is 12.8. The minimum atomic E-state index is -0.483. The first kappa shape index (κ1) is 14.0. The molecular weight excluding hydrogens is 284 g/mol. The second-order valence-electron chi connectivity index (χ2n) is 3.73. The van der Waals surface area contributed by atoms with E-state index in [4.69, 9.17) is 10.5 Å². The molecule has 0 bridgehead atoms. The van der Waals surface area contributed by atoms with Crippen LogP contribution in [0.4, 0.5) is 5.69 Å². The van der Waals surface area contributed by atoms with Crippen LogP contribution in [0.2, 0.25) is 0 Å². The number of hydrogen-bond acceptors (Lipinski definition) is 3. The Morgan fingerprint density at radius 2 is 2.29 bits per heavy atom. The predicted octanol–water partition coefficient (Wildman–Crippen LogP) is 2.52. The van der Waals surface area contributed by atoms with E-state index in [0.717, 1.165) is 10.9 Å². The Morgan fingerprint density at radius 3 is 2.88 bits per heavy atom. The quantitative estimate of drug-likeness (QED) is 0.878. The third-order valence-corrected chi connectivity index (χ3v) is 2.85. The molecule has 3 N–H and O–H groups in total. The maximum absolute atomic E-state index is 11.8. The van der Waals surface area contributed by atoms with Gasteiger partial charge in [-0.3, -0.25) is 4.79 Å². The van der Waals surface area contributed by atoms with Gasteiger partial charge in [-0.15, -0.1) is 0 Å². The molecule has 94 valence electrons. The van der Waals surface area contributed by atoms with Crippen molar-refractivity contribution < 1.29 is 9.53 Å². The maximum Gasteiger partial charge on any atom is 0.241 e. The number of nitrogens with one attached hydrogen (secondary N) is 1. The molecule has 0 aliphatic carbocycles. The number of nitrogens with two attached hydrogens (primary N) is 1. The Hall–Kier alpha value is -1.07. The molecule has 1 rings (SSSR count). The second kappa shape index (κ2) is 6.61. The van der Waals surface area contributed by atoms with E-state index in [2.05, 4.69) is 21.2 Å². The molecule has 0 aliphatic heterocycles. The average molecular weight is 301 g/mol. The van der Waals surface area contributed by atoms with Crippen molar-refractivity contribution in [1.29, 1.82) is 0 Å². The first-order valence-corrected chi connectivity index (χ1v) is 6.27. The van der Waals surface area contributed by atoms with E-state index in [1.54, 1.807) is 19.2 Å². The molecule has 1 aromatic carbocycles. The topological polar surface area (TPSA) is 64.4 Å². The lowest BCUT2D eigenvalue weighted by atomic mass is 10.1. The number of methoxy groups -OCH3 is 1. The van der Waals surface area contributed by atoms with E-state index in [1.165, 1.54) is 0 Å². The van der Waals surface area contributed by atoms with E-state index >= 15 is 0 Å². The molecule has 17 heavy (non-hydrogen) atoms. The largest absolute Gasteiger partial charge is 0.495 e. The SMILES string of the molecule is CCC[C@H](N)C(=O)Nc1cc(Br)ccc1OC. The summed E-state index contributed by atoms with van der Waals surface area (Å²) >= 11 is 3.35. The van der Waals surface area contributed by atoms with Crippen molar-refractivity contribution >= 4 is 27.5 Å². The van der Waals surface area contributed by atoms with Crippen molar-refractivity contribution in [3.63, 3.8) is 0 Å². The first-order valence-electron chi connectivity index (χ1n) is 5.48. The van der Waals surface area contributed by atoms with Gasteiger partial charge in [0.1, 0.15) is 5.75 Å². The summed E-state index contributed by atoms with van der Waals surface area (Å²) in [5.41, 5.74) is 6.36. The van der Waals surface area contributed by atoms with Crippen molar-refractivity contribution in [2.75, 3.05) is 12.4 Å². The molecule has 0 spiro atoms. The number of amides is 1. The third-order valence-electron chi connectivity index (χ3n) is 2.36. The first-order chi connectivity index (χ1) is 8.08. The van der Waals surface area contributed by atoms with Crippen LogP contribution in [0.15, 0.2) is 22.7 Å². The lowest BCUT2D eigenvalue weighted by Gasteiger charge is -2.14. The molecule has 0 radical (unpaired) electrons. The van der Waals surface area contributed by atoms with Gasteiger partial charge in [-0.2, -0.15) is 0 Å². The van der Waals surface area contributed by atoms with Gasteiger partial charge in [0.15, 0.2) is 0 Å². The van der Waals surface area contributed by atoms with Gasteiger partial charge >= 0.3 is 0 Å². The molecule has 0 fully saturated rings. The zero-order valence-corrected chi connectivity index (χ0v) is 11.6. The number of benzene rings is 1. The smallest absolute Gasteiger partial charge is 0.241 e. The van der Waals surface area contributed by atoms with E-state index in [1.807, 2.05) is 13.0 Å². The monoisotopic (exact) mass is 300 g/mol. The van der Waals surface area contributed by atoms with Gasteiger partial charge in [-0.05, 0) is 24.6 Å². The van der Waals surface area contributed by atoms with E-state index < -0.39 is 6.04 Å². The van der Waals surface area contributed by atoms with E-state index in [9.17, 15) is 4.79 Å². The molecule has 0 saturated carbocycles. The molecule has 0 aromatic heterocycles. The predicted molar refractivity (Wildman–Crippen MR) is 72.2 cm³/mol. The van der Waals surface area contributed by atoms with Crippen LogP contribution in [0.3, 0.4) is 0 Å². The van der Waals surface area contributed by atoms with Crippen LogP contribution in [-0.4, -0.2) is 19.1 Å². The van der Waals surface area contributed by atoms with Crippen molar-refractivity contribution in [3.8, 4) is 5.75 Å². The average Bonchev–Trinajstić information content (AvgIpc) is 2.29. The van der Waals surface area contributed by atoms with Gasteiger partial charge in [-0.1, -0.05) is 29.3 Å². The maximum atomic E-state index is 11.8. The summed E-state index contributed by atoms with van der Waals surface area (Å²) in [4.78, 5) is 11.8. The van der Waals surface area contributed by atoms with Gasteiger partial charge in [-0.25, -0.2) is 0 Å².